The number of halogens is 2. The third-order valence-corrected chi connectivity index (χ3v) is 3.25. The summed E-state index contributed by atoms with van der Waals surface area (Å²) in [5.74, 6) is -2.42. The molecule has 1 aromatic rings. The van der Waals surface area contributed by atoms with Gasteiger partial charge in [-0.15, -0.1) is 0 Å². The average Bonchev–Trinajstić information content (AvgIpc) is 2.55. The summed E-state index contributed by atoms with van der Waals surface area (Å²) >= 11 is 1.36. The molecule has 1 unspecified atom stereocenters. The van der Waals surface area contributed by atoms with Gasteiger partial charge in [-0.3, -0.25) is 0 Å². The third-order valence-electron chi connectivity index (χ3n) is 2.68. The second-order valence-electron chi connectivity index (χ2n) is 3.71. The number of aromatic nitrogens is 1. The lowest BCUT2D eigenvalue weighted by molar-refractivity contribution is -0.119. The molecule has 1 aliphatic carbocycles. The van der Waals surface area contributed by atoms with Crippen LogP contribution < -0.4 is 5.32 Å². The van der Waals surface area contributed by atoms with Crippen LogP contribution in [0.5, 0.6) is 0 Å². The maximum Gasteiger partial charge on any atom is 0.248 e. The largest absolute Gasteiger partial charge is 0.311 e. The molecule has 1 atom stereocenters. The number of hydrogen-bond donors (Lipinski definition) is 1. The van der Waals surface area contributed by atoms with Gasteiger partial charge >= 0.3 is 0 Å². The molecule has 0 bridgehead atoms. The summed E-state index contributed by atoms with van der Waals surface area (Å²) in [7, 11) is 1.79. The maximum absolute atomic E-state index is 12.7. The first-order chi connectivity index (χ1) is 6.62. The molecule has 78 valence electrons. The van der Waals surface area contributed by atoms with Gasteiger partial charge in [-0.2, -0.15) is 4.37 Å². The molecule has 2 rings (SSSR count). The minimum atomic E-state index is -2.45. The van der Waals surface area contributed by atoms with Gasteiger partial charge in [0.25, 0.3) is 0 Å². The Morgan fingerprint density at radius 1 is 1.64 bits per heavy atom. The van der Waals surface area contributed by atoms with Crippen LogP contribution in [0.1, 0.15) is 24.6 Å². The van der Waals surface area contributed by atoms with Crippen LogP contribution in [0.2, 0.25) is 0 Å². The zero-order valence-corrected chi connectivity index (χ0v) is 8.65. The van der Waals surface area contributed by atoms with E-state index in [1.54, 1.807) is 7.05 Å². The van der Waals surface area contributed by atoms with Crippen molar-refractivity contribution in [1.29, 1.82) is 0 Å². The van der Waals surface area contributed by atoms with Crippen molar-refractivity contribution in [3.8, 4) is 0 Å². The molecule has 2 nitrogen and oxygen atoms in total. The van der Waals surface area contributed by atoms with Crippen molar-refractivity contribution in [3.63, 3.8) is 0 Å². The van der Waals surface area contributed by atoms with E-state index in [9.17, 15) is 8.78 Å². The fraction of sp³-hybridized carbons (Fsp3) is 0.667. The van der Waals surface area contributed by atoms with Gasteiger partial charge < -0.3 is 5.32 Å². The van der Waals surface area contributed by atoms with E-state index < -0.39 is 5.92 Å². The van der Waals surface area contributed by atoms with Gasteiger partial charge in [0.15, 0.2) is 0 Å². The van der Waals surface area contributed by atoms with E-state index in [-0.39, 0.29) is 24.8 Å². The molecule has 0 aliphatic heterocycles. The van der Waals surface area contributed by atoms with E-state index in [4.69, 9.17) is 0 Å². The Kier molecular flexibility index (Phi) is 2.53. The molecule has 14 heavy (non-hydrogen) atoms. The summed E-state index contributed by atoms with van der Waals surface area (Å²) in [6.07, 6.45) is -0.0356. The fourth-order valence-electron chi connectivity index (χ4n) is 1.95. The molecule has 1 fully saturated rings. The number of rotatable bonds is 3. The highest BCUT2D eigenvalue weighted by molar-refractivity contribution is 7.03. The van der Waals surface area contributed by atoms with Crippen LogP contribution in [0.4, 0.5) is 8.78 Å². The minimum Gasteiger partial charge on any atom is -0.311 e. The van der Waals surface area contributed by atoms with Crippen LogP contribution in [-0.4, -0.2) is 17.3 Å². The first-order valence-electron chi connectivity index (χ1n) is 4.58. The molecule has 1 N–H and O–H groups in total. The average molecular weight is 218 g/mol. The monoisotopic (exact) mass is 218 g/mol. The molecule has 1 aliphatic rings. The molecular formula is C9H12F2N2S. The van der Waals surface area contributed by atoms with Gasteiger partial charge in [-0.05, 0) is 30.6 Å². The summed E-state index contributed by atoms with van der Waals surface area (Å²) in [6.45, 7) is 0. The van der Waals surface area contributed by atoms with Crippen LogP contribution in [0, 0.1) is 5.92 Å². The van der Waals surface area contributed by atoms with E-state index in [2.05, 4.69) is 9.69 Å². The van der Waals surface area contributed by atoms with Gasteiger partial charge in [0.05, 0.1) is 11.7 Å². The van der Waals surface area contributed by atoms with E-state index in [0.717, 1.165) is 5.69 Å². The Morgan fingerprint density at radius 2 is 2.36 bits per heavy atom. The normalized spacial score (nSPS) is 23.1. The predicted molar refractivity (Wildman–Crippen MR) is 51.6 cm³/mol. The molecule has 1 aromatic heterocycles. The van der Waals surface area contributed by atoms with Crippen molar-refractivity contribution in [2.75, 3.05) is 7.05 Å². The number of hydrogen-bond acceptors (Lipinski definition) is 3. The molecule has 0 saturated heterocycles. The topological polar surface area (TPSA) is 24.9 Å². The SMILES string of the molecule is CNC(c1ccsn1)C1CC(F)(F)C1. The van der Waals surface area contributed by atoms with Gasteiger partial charge in [0.2, 0.25) is 5.92 Å². The molecule has 0 spiro atoms. The van der Waals surface area contributed by atoms with E-state index in [1.165, 1.54) is 11.5 Å². The summed E-state index contributed by atoms with van der Waals surface area (Å²) in [5.41, 5.74) is 0.887. The van der Waals surface area contributed by atoms with Crippen molar-refractivity contribution >= 4 is 11.5 Å². The van der Waals surface area contributed by atoms with Crippen LogP contribution in [0.15, 0.2) is 11.4 Å². The lowest BCUT2D eigenvalue weighted by Crippen LogP contribution is -2.42. The molecule has 5 heteroatoms. The third kappa shape index (κ3) is 1.79. The van der Waals surface area contributed by atoms with Crippen LogP contribution in [-0.2, 0) is 0 Å². The first-order valence-corrected chi connectivity index (χ1v) is 5.41. The Bertz CT molecular complexity index is 292. The quantitative estimate of drug-likeness (QED) is 0.843. The summed E-state index contributed by atoms with van der Waals surface area (Å²) < 4.78 is 29.5. The molecule has 0 aromatic carbocycles. The number of alkyl halides is 2. The second-order valence-corrected chi connectivity index (χ2v) is 4.38. The summed E-state index contributed by atoms with van der Waals surface area (Å²) in [6, 6.07) is 1.88. The van der Waals surface area contributed by atoms with Crippen molar-refractivity contribution in [1.82, 2.24) is 9.69 Å². The van der Waals surface area contributed by atoms with Crippen LogP contribution in [0.25, 0.3) is 0 Å². The lowest BCUT2D eigenvalue weighted by atomic mass is 9.75. The molecule has 0 amide bonds. The predicted octanol–water partition coefficient (Wildman–Crippen LogP) is 2.45. The van der Waals surface area contributed by atoms with E-state index in [0.29, 0.717) is 0 Å². The van der Waals surface area contributed by atoms with E-state index in [1.807, 2.05) is 11.4 Å². The van der Waals surface area contributed by atoms with Crippen LogP contribution >= 0.6 is 11.5 Å². The van der Waals surface area contributed by atoms with Crippen molar-refractivity contribution in [3.05, 3.63) is 17.1 Å². The molecule has 1 heterocycles. The number of nitrogens with one attached hydrogen (secondary N) is 1. The van der Waals surface area contributed by atoms with Gasteiger partial charge in [0, 0.05) is 18.2 Å². The zero-order chi connectivity index (χ0) is 10.2. The van der Waals surface area contributed by atoms with Crippen molar-refractivity contribution in [2.45, 2.75) is 24.8 Å². The van der Waals surface area contributed by atoms with Crippen molar-refractivity contribution in [2.24, 2.45) is 5.92 Å². The second kappa shape index (κ2) is 3.55. The fourth-order valence-corrected chi connectivity index (χ4v) is 2.51. The highest BCUT2D eigenvalue weighted by Crippen LogP contribution is 2.47. The van der Waals surface area contributed by atoms with Gasteiger partial charge in [-0.1, -0.05) is 0 Å². The molecule has 1 saturated carbocycles. The zero-order valence-electron chi connectivity index (χ0n) is 7.84. The first kappa shape index (κ1) is 9.98. The summed E-state index contributed by atoms with van der Waals surface area (Å²) in [5, 5.41) is 4.93. The van der Waals surface area contributed by atoms with E-state index >= 15 is 0 Å². The lowest BCUT2D eigenvalue weighted by Gasteiger charge is -2.39. The highest BCUT2D eigenvalue weighted by atomic mass is 32.1. The van der Waals surface area contributed by atoms with Crippen molar-refractivity contribution < 1.29 is 8.78 Å². The van der Waals surface area contributed by atoms with Gasteiger partial charge in [0.1, 0.15) is 0 Å². The summed E-state index contributed by atoms with van der Waals surface area (Å²) in [4.78, 5) is 0. The van der Waals surface area contributed by atoms with Crippen LogP contribution in [0.3, 0.4) is 0 Å². The Hall–Kier alpha value is -0.550. The Morgan fingerprint density at radius 3 is 2.79 bits per heavy atom. The Balaban J connectivity index is 2.02. The molecule has 0 radical (unpaired) electrons. The Labute approximate surface area is 85.5 Å². The van der Waals surface area contributed by atoms with Gasteiger partial charge in [-0.25, -0.2) is 8.78 Å². The molecular weight excluding hydrogens is 206 g/mol. The smallest absolute Gasteiger partial charge is 0.248 e. The highest BCUT2D eigenvalue weighted by Gasteiger charge is 2.48. The standard InChI is InChI=1S/C9H12F2N2S/c1-12-8(7-2-3-14-13-7)6-4-9(10,11)5-6/h2-3,6,8,12H,4-5H2,1H3. The number of nitrogens with zero attached hydrogens (tertiary/aromatic N) is 1. The minimum absolute atomic E-state index is 0.0131. The maximum atomic E-state index is 12.7.